The molecular weight excluding hydrogens is 638 g/mol. The molecule has 18 nitrogen and oxygen atoms in total. The summed E-state index contributed by atoms with van der Waals surface area (Å²) in [5, 5.41) is 22.4. The van der Waals surface area contributed by atoms with Crippen LogP contribution in [0.3, 0.4) is 0 Å². The molecule has 1 aliphatic rings. The van der Waals surface area contributed by atoms with Crippen LogP contribution in [-0.4, -0.2) is 125 Å². The van der Waals surface area contributed by atoms with E-state index in [1.165, 1.54) is 11.8 Å². The number of carboxylic acids is 2. The smallest absolute Gasteiger partial charge is 0.322 e. The third kappa shape index (κ3) is 15.3. The Hall–Kier alpha value is -3.97. The van der Waals surface area contributed by atoms with E-state index in [2.05, 4.69) is 10.6 Å². The number of carbonyl (C=O) groups excluding carboxylic acids is 6. The number of esters is 4. The lowest BCUT2D eigenvalue weighted by atomic mass is 9.92. The number of aliphatic carboxylic acids is 2. The molecule has 0 unspecified atom stereocenters. The number of hydrogen-bond donors (Lipinski definition) is 5. The molecule has 0 radical (unpaired) electrons. The fourth-order valence-corrected chi connectivity index (χ4v) is 5.29. The molecule has 0 bridgehead atoms. The number of nitrogens with two attached hydrogens (primary N) is 1. The van der Waals surface area contributed by atoms with Crippen molar-refractivity contribution >= 4 is 59.4 Å². The molecule has 260 valence electrons. The van der Waals surface area contributed by atoms with E-state index in [0.717, 1.165) is 27.7 Å². The maximum absolute atomic E-state index is 12.6. The fourth-order valence-electron chi connectivity index (χ4n) is 4.28. The van der Waals surface area contributed by atoms with E-state index in [1.54, 1.807) is 0 Å². The van der Waals surface area contributed by atoms with Crippen molar-refractivity contribution in [2.75, 3.05) is 24.7 Å². The highest BCUT2D eigenvalue weighted by Crippen LogP contribution is 2.31. The van der Waals surface area contributed by atoms with E-state index in [9.17, 15) is 38.4 Å². The van der Waals surface area contributed by atoms with Crippen LogP contribution in [0.5, 0.6) is 0 Å². The van der Waals surface area contributed by atoms with E-state index < -0.39 is 96.8 Å². The molecule has 1 rings (SSSR count). The van der Waals surface area contributed by atoms with Crippen molar-refractivity contribution < 1.29 is 72.3 Å². The van der Waals surface area contributed by atoms with E-state index >= 15 is 0 Å². The molecule has 7 atom stereocenters. The van der Waals surface area contributed by atoms with Gasteiger partial charge in [-0.25, -0.2) is 0 Å². The van der Waals surface area contributed by atoms with Gasteiger partial charge in [0.25, 0.3) is 0 Å². The summed E-state index contributed by atoms with van der Waals surface area (Å²) < 4.78 is 27.3. The molecule has 1 heterocycles. The normalized spacial score (nSPS) is 21.9. The molecule has 6 N–H and O–H groups in total. The van der Waals surface area contributed by atoms with Gasteiger partial charge in [0.2, 0.25) is 11.8 Å². The summed E-state index contributed by atoms with van der Waals surface area (Å²) in [6, 6.07) is -2.45. The van der Waals surface area contributed by atoms with Gasteiger partial charge in [-0.2, -0.15) is 11.8 Å². The Labute approximate surface area is 268 Å². The first-order valence-corrected chi connectivity index (χ1v) is 15.3. The minimum absolute atomic E-state index is 0.000744. The maximum atomic E-state index is 12.6. The van der Waals surface area contributed by atoms with E-state index in [-0.39, 0.29) is 31.6 Å². The highest BCUT2D eigenvalue weighted by atomic mass is 32.2. The van der Waals surface area contributed by atoms with Gasteiger partial charge in [-0.15, -0.1) is 0 Å². The van der Waals surface area contributed by atoms with Gasteiger partial charge in [0.15, 0.2) is 18.3 Å². The standard InChI is InChI=1S/C27H41N3O15S/c1-13(31)41-11-20-24(43-15(3)33)25(44-16(4)34)23(42-14(2)32)19(45-20)6-5-9-46-12-18(26(38)29-10-22(36)37)30-21(35)8-7-17(28)27(39)40/h17-20,23-25H,5-12,28H2,1-4H3,(H,29,38)(H,30,35)(H,36,37)(H,39,40)/t17-,18-,19+,20+,23-,24-,25+/m0/s1. The summed E-state index contributed by atoms with van der Waals surface area (Å²) in [6.07, 6.45) is -5.75. The van der Waals surface area contributed by atoms with Crippen LogP contribution in [0.15, 0.2) is 0 Å². The number of hydrogen-bond acceptors (Lipinski definition) is 15. The van der Waals surface area contributed by atoms with Crippen LogP contribution in [0.2, 0.25) is 0 Å². The molecule has 0 aliphatic carbocycles. The number of nitrogens with one attached hydrogen (secondary N) is 2. The van der Waals surface area contributed by atoms with E-state index in [4.69, 9.17) is 39.6 Å². The van der Waals surface area contributed by atoms with Crippen LogP contribution < -0.4 is 16.4 Å². The molecule has 1 saturated heterocycles. The Kier molecular flexibility index (Phi) is 17.6. The van der Waals surface area contributed by atoms with Crippen molar-refractivity contribution in [3.05, 3.63) is 0 Å². The maximum Gasteiger partial charge on any atom is 0.322 e. The molecular formula is C27H41N3O15S. The lowest BCUT2D eigenvalue weighted by Crippen LogP contribution is -2.62. The second-order valence-electron chi connectivity index (χ2n) is 10.2. The quantitative estimate of drug-likeness (QED) is 0.0590. The van der Waals surface area contributed by atoms with Crippen molar-refractivity contribution in [3.63, 3.8) is 0 Å². The van der Waals surface area contributed by atoms with Crippen LogP contribution in [0.1, 0.15) is 53.4 Å². The Bertz CT molecular complexity index is 1120. The molecule has 0 saturated carbocycles. The molecule has 1 fully saturated rings. The van der Waals surface area contributed by atoms with Crippen LogP contribution in [0, 0.1) is 0 Å². The third-order valence-electron chi connectivity index (χ3n) is 6.21. The van der Waals surface area contributed by atoms with Crippen LogP contribution in [0.25, 0.3) is 0 Å². The minimum Gasteiger partial charge on any atom is -0.480 e. The molecule has 0 aromatic heterocycles. The summed E-state index contributed by atoms with van der Waals surface area (Å²) in [6.45, 7) is 3.45. The Morgan fingerprint density at radius 1 is 0.848 bits per heavy atom. The van der Waals surface area contributed by atoms with Gasteiger partial charge in [0, 0.05) is 39.9 Å². The lowest BCUT2D eigenvalue weighted by molar-refractivity contribution is -0.253. The number of carbonyl (C=O) groups is 8. The van der Waals surface area contributed by atoms with Gasteiger partial charge >= 0.3 is 35.8 Å². The van der Waals surface area contributed by atoms with Crippen molar-refractivity contribution in [1.82, 2.24) is 10.6 Å². The SMILES string of the molecule is CC(=O)OC[C@H]1O[C@H](CCCSC[C@H](NC(=O)CC[C@H](N)C(=O)O)C(=O)NCC(=O)O)[C@H](OC(C)=O)[C@@H](OC(C)=O)[C@H]1OC(C)=O. The van der Waals surface area contributed by atoms with Crippen molar-refractivity contribution in [2.24, 2.45) is 5.73 Å². The van der Waals surface area contributed by atoms with Crippen LogP contribution >= 0.6 is 11.8 Å². The summed E-state index contributed by atoms with van der Waals surface area (Å²) in [7, 11) is 0. The van der Waals surface area contributed by atoms with Gasteiger partial charge in [0.05, 0.1) is 6.10 Å². The highest BCUT2D eigenvalue weighted by molar-refractivity contribution is 7.99. The zero-order valence-electron chi connectivity index (χ0n) is 25.9. The number of rotatable bonds is 19. The molecule has 0 spiro atoms. The second-order valence-corrected chi connectivity index (χ2v) is 11.3. The largest absolute Gasteiger partial charge is 0.480 e. The van der Waals surface area contributed by atoms with Crippen molar-refractivity contribution in [3.8, 4) is 0 Å². The number of amides is 2. The first kappa shape index (κ1) is 40.1. The topological polar surface area (TPSA) is 273 Å². The van der Waals surface area contributed by atoms with Gasteiger partial charge < -0.3 is 50.3 Å². The molecule has 0 aromatic rings. The second kappa shape index (κ2) is 20.2. The summed E-state index contributed by atoms with van der Waals surface area (Å²) in [4.78, 5) is 94.0. The third-order valence-corrected chi connectivity index (χ3v) is 7.36. The van der Waals surface area contributed by atoms with Gasteiger partial charge in [-0.05, 0) is 25.0 Å². The predicted octanol–water partition coefficient (Wildman–Crippen LogP) is -1.50. The number of ether oxygens (including phenoxy) is 5. The number of thioether (sulfide) groups is 1. The molecule has 0 aromatic carbocycles. The van der Waals surface area contributed by atoms with Gasteiger partial charge in [-0.3, -0.25) is 38.4 Å². The summed E-state index contributed by atoms with van der Waals surface area (Å²) in [5.41, 5.74) is 5.41. The zero-order valence-corrected chi connectivity index (χ0v) is 26.7. The van der Waals surface area contributed by atoms with E-state index in [0.29, 0.717) is 12.2 Å². The van der Waals surface area contributed by atoms with E-state index in [1.807, 2.05) is 0 Å². The number of carboxylic acid groups (broad SMARTS) is 2. The monoisotopic (exact) mass is 679 g/mol. The fraction of sp³-hybridized carbons (Fsp3) is 0.704. The zero-order chi connectivity index (χ0) is 35.0. The minimum atomic E-state index is -1.30. The average Bonchev–Trinajstić information content (AvgIpc) is 2.94. The predicted molar refractivity (Wildman–Crippen MR) is 156 cm³/mol. The van der Waals surface area contributed by atoms with Gasteiger partial charge in [0.1, 0.15) is 31.3 Å². The molecule has 1 aliphatic heterocycles. The Balaban J connectivity index is 3.01. The molecule has 2 amide bonds. The first-order chi connectivity index (χ1) is 21.5. The van der Waals surface area contributed by atoms with Gasteiger partial charge in [-0.1, -0.05) is 0 Å². The lowest BCUT2D eigenvalue weighted by Gasteiger charge is -2.44. The first-order valence-electron chi connectivity index (χ1n) is 14.2. The summed E-state index contributed by atoms with van der Waals surface area (Å²) >= 11 is 1.21. The summed E-state index contributed by atoms with van der Waals surface area (Å²) in [5.74, 6) is -6.59. The van der Waals surface area contributed by atoms with Crippen LogP contribution in [0.4, 0.5) is 0 Å². The molecule has 46 heavy (non-hydrogen) atoms. The van der Waals surface area contributed by atoms with Crippen molar-refractivity contribution in [1.29, 1.82) is 0 Å². The highest BCUT2D eigenvalue weighted by Gasteiger charge is 2.51. The average molecular weight is 680 g/mol. The van der Waals surface area contributed by atoms with Crippen LogP contribution in [-0.2, 0) is 62.0 Å². The molecule has 19 heteroatoms. The van der Waals surface area contributed by atoms with Crippen molar-refractivity contribution in [2.45, 2.75) is 96.0 Å². The Morgan fingerprint density at radius 2 is 1.41 bits per heavy atom. The Morgan fingerprint density at radius 3 is 1.93 bits per heavy atom.